The molecule has 0 fully saturated rings. The van der Waals surface area contributed by atoms with E-state index in [0.29, 0.717) is 39.2 Å². The van der Waals surface area contributed by atoms with Crippen molar-refractivity contribution in [2.24, 2.45) is 0 Å². The monoisotopic (exact) mass is 730 g/mol. The number of benzene rings is 5. The van der Waals surface area contributed by atoms with Crippen molar-refractivity contribution in [1.29, 1.82) is 0 Å². The summed E-state index contributed by atoms with van der Waals surface area (Å²) in [6, 6.07) is 36.0. The van der Waals surface area contributed by atoms with Crippen molar-refractivity contribution in [2.75, 3.05) is 32.0 Å². The summed E-state index contributed by atoms with van der Waals surface area (Å²) < 4.78 is 17.1. The lowest BCUT2D eigenvalue weighted by molar-refractivity contribution is -0.116. The molecule has 0 aliphatic heterocycles. The van der Waals surface area contributed by atoms with E-state index in [4.69, 9.17) is 14.2 Å². The number of hydrogen-bond acceptors (Lipinski definition) is 9. The number of carbonyl (C=O) groups is 3. The molecule has 6 aromatic rings. The van der Waals surface area contributed by atoms with Gasteiger partial charge >= 0.3 is 0 Å². The van der Waals surface area contributed by atoms with Crippen molar-refractivity contribution in [3.05, 3.63) is 144 Å². The molecule has 5 aromatic carbocycles. The summed E-state index contributed by atoms with van der Waals surface area (Å²) in [5.74, 6) is 0.527. The molecule has 1 heterocycles. The Labute approximate surface area is 308 Å². The van der Waals surface area contributed by atoms with E-state index < -0.39 is 17.1 Å². The smallest absolute Gasteiger partial charge is 0.272 e. The Morgan fingerprint density at radius 3 is 2.12 bits per heavy atom. The van der Waals surface area contributed by atoms with Crippen LogP contribution in [0.2, 0.25) is 0 Å². The van der Waals surface area contributed by atoms with Gasteiger partial charge in [-0.25, -0.2) is 4.98 Å². The van der Waals surface area contributed by atoms with Crippen LogP contribution in [-0.4, -0.2) is 44.0 Å². The number of rotatable bonds is 13. The molecule has 262 valence electrons. The van der Waals surface area contributed by atoms with Crippen molar-refractivity contribution >= 4 is 67.9 Å². The Balaban J connectivity index is 1.21. The predicted molar refractivity (Wildman–Crippen MR) is 206 cm³/mol. The SMILES string of the molecule is COc1ccc(OC)c(/C=C(\NC(=O)c2ccccc2)C(=O)Nc2ccc(SC(C(=O)Nc3nc4ccc(OC)cc4s3)c3ccccc3)cc2)c1. The summed E-state index contributed by atoms with van der Waals surface area (Å²) in [6.07, 6.45) is 1.53. The first-order valence-electron chi connectivity index (χ1n) is 16.0. The molecule has 0 saturated heterocycles. The minimum Gasteiger partial charge on any atom is -0.497 e. The number of nitrogens with one attached hydrogen (secondary N) is 3. The predicted octanol–water partition coefficient (Wildman–Crippen LogP) is 8.20. The number of aromatic nitrogens is 1. The molecular formula is C40H34N4O6S2. The standard InChI is InChI=1S/C40H34N4O6S2/c1-48-29-17-21-34(50-3)27(22-29)23-33(42-37(45)26-12-8-5-9-13-26)38(46)41-28-14-18-31(19-15-28)51-36(25-10-6-4-7-11-25)39(47)44-40-43-32-20-16-30(49-2)24-35(32)52-40/h4-24,36H,1-3H3,(H,41,46)(H,42,45)(H,43,44,47)/b33-23-. The zero-order valence-corrected chi connectivity index (χ0v) is 30.0. The fraction of sp³-hybridized carbons (Fsp3) is 0.100. The van der Waals surface area contributed by atoms with Crippen LogP contribution in [0.15, 0.2) is 132 Å². The molecule has 12 heteroatoms. The van der Waals surface area contributed by atoms with E-state index in [-0.39, 0.29) is 11.6 Å². The van der Waals surface area contributed by atoms with Crippen LogP contribution < -0.4 is 30.2 Å². The van der Waals surface area contributed by atoms with Crippen LogP contribution >= 0.6 is 23.1 Å². The van der Waals surface area contributed by atoms with Gasteiger partial charge in [0.2, 0.25) is 5.91 Å². The largest absolute Gasteiger partial charge is 0.497 e. The van der Waals surface area contributed by atoms with E-state index in [1.54, 1.807) is 67.8 Å². The molecule has 6 rings (SSSR count). The van der Waals surface area contributed by atoms with E-state index in [1.807, 2.05) is 60.7 Å². The number of thiazole rings is 1. The highest BCUT2D eigenvalue weighted by atomic mass is 32.2. The van der Waals surface area contributed by atoms with Gasteiger partial charge in [-0.15, -0.1) is 11.8 Å². The molecule has 0 aliphatic rings. The minimum absolute atomic E-state index is 0.00652. The molecule has 3 N–H and O–H groups in total. The van der Waals surface area contributed by atoms with Crippen molar-refractivity contribution in [3.63, 3.8) is 0 Å². The lowest BCUT2D eigenvalue weighted by Gasteiger charge is -2.17. The molecule has 52 heavy (non-hydrogen) atoms. The first-order valence-corrected chi connectivity index (χ1v) is 17.7. The number of fused-ring (bicyclic) bond motifs is 1. The van der Waals surface area contributed by atoms with Crippen molar-refractivity contribution in [1.82, 2.24) is 10.3 Å². The van der Waals surface area contributed by atoms with Crippen LogP contribution in [0.1, 0.15) is 26.7 Å². The van der Waals surface area contributed by atoms with Crippen molar-refractivity contribution < 1.29 is 28.6 Å². The van der Waals surface area contributed by atoms with Gasteiger partial charge in [-0.3, -0.25) is 14.4 Å². The summed E-state index contributed by atoms with van der Waals surface area (Å²) >= 11 is 2.74. The third kappa shape index (κ3) is 8.78. The summed E-state index contributed by atoms with van der Waals surface area (Å²) in [5.41, 5.74) is 2.99. The fourth-order valence-corrected chi connectivity index (χ4v) is 7.08. The third-order valence-electron chi connectivity index (χ3n) is 7.80. The third-order valence-corrected chi connectivity index (χ3v) is 10.00. The van der Waals surface area contributed by atoms with E-state index in [9.17, 15) is 14.4 Å². The fourth-order valence-electron chi connectivity index (χ4n) is 5.16. The van der Waals surface area contributed by atoms with Gasteiger partial charge in [0.25, 0.3) is 11.8 Å². The second-order valence-corrected chi connectivity index (χ2v) is 13.4. The highest BCUT2D eigenvalue weighted by Crippen LogP contribution is 2.38. The Bertz CT molecular complexity index is 2220. The van der Waals surface area contributed by atoms with Gasteiger partial charge in [0.15, 0.2) is 5.13 Å². The van der Waals surface area contributed by atoms with Crippen LogP contribution in [-0.2, 0) is 9.59 Å². The zero-order valence-electron chi connectivity index (χ0n) is 28.4. The topological polar surface area (TPSA) is 128 Å². The Morgan fingerprint density at radius 2 is 1.42 bits per heavy atom. The molecule has 0 aliphatic carbocycles. The van der Waals surface area contributed by atoms with Crippen LogP contribution in [0.25, 0.3) is 16.3 Å². The first-order chi connectivity index (χ1) is 25.3. The maximum absolute atomic E-state index is 13.7. The Morgan fingerprint density at radius 1 is 0.750 bits per heavy atom. The highest BCUT2D eigenvalue weighted by molar-refractivity contribution is 8.00. The van der Waals surface area contributed by atoms with Gasteiger partial charge in [0, 0.05) is 21.7 Å². The second kappa shape index (κ2) is 16.7. The average molecular weight is 731 g/mol. The normalized spacial score (nSPS) is 11.7. The molecule has 0 radical (unpaired) electrons. The van der Waals surface area contributed by atoms with E-state index >= 15 is 0 Å². The first kappa shape index (κ1) is 35.7. The Kier molecular flexibility index (Phi) is 11.5. The molecule has 1 unspecified atom stereocenters. The quantitative estimate of drug-likeness (QED) is 0.0802. The van der Waals surface area contributed by atoms with Crippen LogP contribution in [0.3, 0.4) is 0 Å². The second-order valence-electron chi connectivity index (χ2n) is 11.2. The number of carbonyl (C=O) groups excluding carboxylic acids is 3. The van der Waals surface area contributed by atoms with Crippen LogP contribution in [0.5, 0.6) is 17.2 Å². The van der Waals surface area contributed by atoms with Gasteiger partial charge < -0.3 is 30.2 Å². The number of thioether (sulfide) groups is 1. The number of methoxy groups -OCH3 is 3. The van der Waals surface area contributed by atoms with E-state index in [1.165, 1.54) is 43.4 Å². The number of hydrogen-bond donors (Lipinski definition) is 3. The van der Waals surface area contributed by atoms with Crippen molar-refractivity contribution in [2.45, 2.75) is 10.1 Å². The molecule has 0 saturated carbocycles. The molecular weight excluding hydrogens is 697 g/mol. The van der Waals surface area contributed by atoms with E-state index in [0.717, 1.165) is 20.7 Å². The Hall–Kier alpha value is -6.11. The maximum atomic E-state index is 13.7. The minimum atomic E-state index is -0.594. The molecule has 1 aromatic heterocycles. The average Bonchev–Trinajstić information content (AvgIpc) is 3.59. The lowest BCUT2D eigenvalue weighted by atomic mass is 10.1. The number of anilines is 2. The number of nitrogens with zero attached hydrogens (tertiary/aromatic N) is 1. The molecule has 10 nitrogen and oxygen atoms in total. The van der Waals surface area contributed by atoms with Gasteiger partial charge in [-0.2, -0.15) is 0 Å². The van der Waals surface area contributed by atoms with Crippen LogP contribution in [0, 0.1) is 0 Å². The maximum Gasteiger partial charge on any atom is 0.272 e. The lowest BCUT2D eigenvalue weighted by Crippen LogP contribution is -2.30. The van der Waals surface area contributed by atoms with Gasteiger partial charge in [-0.05, 0) is 84.4 Å². The zero-order chi connectivity index (χ0) is 36.5. The molecule has 0 bridgehead atoms. The van der Waals surface area contributed by atoms with E-state index in [2.05, 4.69) is 20.9 Å². The summed E-state index contributed by atoms with van der Waals surface area (Å²) in [7, 11) is 4.66. The molecule has 1 atom stereocenters. The number of ether oxygens (including phenoxy) is 3. The van der Waals surface area contributed by atoms with Gasteiger partial charge in [0.1, 0.15) is 28.2 Å². The summed E-state index contributed by atoms with van der Waals surface area (Å²) in [4.78, 5) is 46.0. The summed E-state index contributed by atoms with van der Waals surface area (Å²) in [6.45, 7) is 0. The molecule has 3 amide bonds. The van der Waals surface area contributed by atoms with Crippen LogP contribution in [0.4, 0.5) is 10.8 Å². The van der Waals surface area contributed by atoms with Gasteiger partial charge in [-0.1, -0.05) is 59.9 Å². The van der Waals surface area contributed by atoms with Gasteiger partial charge in [0.05, 0.1) is 31.5 Å². The molecule has 0 spiro atoms. The van der Waals surface area contributed by atoms with Crippen molar-refractivity contribution in [3.8, 4) is 17.2 Å². The summed E-state index contributed by atoms with van der Waals surface area (Å²) in [5, 5.41) is 8.51. The number of amides is 3. The highest BCUT2D eigenvalue weighted by Gasteiger charge is 2.24.